The van der Waals surface area contributed by atoms with Gasteiger partial charge in [0.05, 0.1) is 0 Å². The van der Waals surface area contributed by atoms with Gasteiger partial charge in [-0.3, -0.25) is 4.90 Å². The molecule has 3 nitrogen and oxygen atoms in total. The van der Waals surface area contributed by atoms with E-state index < -0.39 is 0 Å². The van der Waals surface area contributed by atoms with Crippen molar-refractivity contribution in [2.75, 3.05) is 26.7 Å². The molecule has 0 aliphatic heterocycles. The lowest BCUT2D eigenvalue weighted by molar-refractivity contribution is 0.198. The van der Waals surface area contributed by atoms with Crippen LogP contribution in [-0.2, 0) is 0 Å². The Morgan fingerprint density at radius 3 is 2.44 bits per heavy atom. The third-order valence-electron chi connectivity index (χ3n) is 3.40. The number of aliphatic hydroxyl groups is 1. The highest BCUT2D eigenvalue weighted by atomic mass is 16.3. The number of aliphatic hydroxyl groups excluding tert-OH is 1. The number of hydrogen-bond donors (Lipinski definition) is 2. The lowest BCUT2D eigenvalue weighted by Gasteiger charge is -2.27. The molecule has 0 aromatic rings. The normalized spacial score (nSPS) is 18.4. The van der Waals surface area contributed by atoms with Crippen LogP contribution < -0.4 is 5.32 Å². The third kappa shape index (κ3) is 5.28. The average Bonchev–Trinajstić information content (AvgIpc) is 3.06. The minimum Gasteiger partial charge on any atom is -0.396 e. The first-order valence-corrected chi connectivity index (χ1v) is 6.69. The quantitative estimate of drug-likeness (QED) is 0.627. The molecule has 1 unspecified atom stereocenters. The molecule has 0 amide bonds. The fourth-order valence-electron chi connectivity index (χ4n) is 2.05. The van der Waals surface area contributed by atoms with E-state index in [9.17, 15) is 0 Å². The fourth-order valence-corrected chi connectivity index (χ4v) is 2.05. The zero-order valence-corrected chi connectivity index (χ0v) is 11.1. The second-order valence-electron chi connectivity index (χ2n) is 5.41. The number of nitrogens with one attached hydrogen (secondary N) is 1. The van der Waals surface area contributed by atoms with E-state index in [1.807, 2.05) is 7.05 Å². The smallest absolute Gasteiger partial charge is 0.0446 e. The molecule has 0 aromatic carbocycles. The van der Waals surface area contributed by atoms with Gasteiger partial charge in [0.2, 0.25) is 0 Å². The van der Waals surface area contributed by atoms with E-state index >= 15 is 0 Å². The van der Waals surface area contributed by atoms with Crippen LogP contribution in [0.5, 0.6) is 0 Å². The Morgan fingerprint density at radius 1 is 1.31 bits per heavy atom. The van der Waals surface area contributed by atoms with Gasteiger partial charge in [-0.2, -0.15) is 0 Å². The van der Waals surface area contributed by atoms with E-state index in [1.54, 1.807) is 0 Å². The molecule has 0 spiro atoms. The minimum absolute atomic E-state index is 0.286. The number of rotatable bonds is 9. The van der Waals surface area contributed by atoms with Crippen LogP contribution in [0.15, 0.2) is 0 Å². The van der Waals surface area contributed by atoms with E-state index in [2.05, 4.69) is 24.1 Å². The molecule has 1 rings (SSSR count). The van der Waals surface area contributed by atoms with Crippen LogP contribution in [0.1, 0.15) is 39.5 Å². The molecule has 1 atom stereocenters. The van der Waals surface area contributed by atoms with Gasteiger partial charge in [0.1, 0.15) is 0 Å². The molecular weight excluding hydrogens is 200 g/mol. The van der Waals surface area contributed by atoms with Gasteiger partial charge < -0.3 is 10.4 Å². The summed E-state index contributed by atoms with van der Waals surface area (Å²) in [6.45, 7) is 7.16. The molecule has 0 bridgehead atoms. The predicted molar refractivity (Wildman–Crippen MR) is 68.6 cm³/mol. The van der Waals surface area contributed by atoms with Gasteiger partial charge in [0.15, 0.2) is 0 Å². The molecule has 16 heavy (non-hydrogen) atoms. The summed E-state index contributed by atoms with van der Waals surface area (Å²) < 4.78 is 0. The van der Waals surface area contributed by atoms with E-state index in [1.165, 1.54) is 25.8 Å². The Kier molecular flexibility index (Phi) is 6.32. The van der Waals surface area contributed by atoms with Crippen LogP contribution in [0.2, 0.25) is 0 Å². The maximum atomic E-state index is 8.99. The molecule has 1 saturated carbocycles. The van der Waals surface area contributed by atoms with Gasteiger partial charge in [-0.05, 0) is 45.2 Å². The molecule has 3 heteroatoms. The first-order valence-electron chi connectivity index (χ1n) is 6.69. The zero-order chi connectivity index (χ0) is 12.0. The van der Waals surface area contributed by atoms with Crippen molar-refractivity contribution >= 4 is 0 Å². The summed E-state index contributed by atoms with van der Waals surface area (Å²) in [5.41, 5.74) is 0. The molecule has 1 aliphatic rings. The molecular formula is C13H28N2O. The van der Waals surface area contributed by atoms with Crippen molar-refractivity contribution in [2.45, 2.75) is 51.6 Å². The first kappa shape index (κ1) is 13.9. The molecule has 0 radical (unpaired) electrons. The fraction of sp³-hybridized carbons (Fsp3) is 1.00. The second-order valence-corrected chi connectivity index (χ2v) is 5.41. The summed E-state index contributed by atoms with van der Waals surface area (Å²) in [5.74, 6) is 0.784. The number of likely N-dealkylation sites (N-methyl/N-ethyl adjacent to an activating group) is 1. The first-order chi connectivity index (χ1) is 7.67. The Bertz CT molecular complexity index is 181. The molecule has 1 fully saturated rings. The Morgan fingerprint density at radius 2 is 2.00 bits per heavy atom. The van der Waals surface area contributed by atoms with E-state index in [4.69, 9.17) is 5.11 Å². The monoisotopic (exact) mass is 228 g/mol. The summed E-state index contributed by atoms with van der Waals surface area (Å²) in [6, 6.07) is 1.27. The second kappa shape index (κ2) is 7.25. The van der Waals surface area contributed by atoms with E-state index in [0.717, 1.165) is 24.9 Å². The van der Waals surface area contributed by atoms with Gasteiger partial charge in [-0.15, -0.1) is 0 Å². The molecule has 0 saturated heterocycles. The lowest BCUT2D eigenvalue weighted by atomic mass is 10.1. The summed E-state index contributed by atoms with van der Waals surface area (Å²) in [4.78, 5) is 2.61. The minimum atomic E-state index is 0.286. The SMILES string of the molecule is CNC(CCO)CN(CCC(C)C)C1CC1. The summed E-state index contributed by atoms with van der Waals surface area (Å²) in [7, 11) is 1.99. The summed E-state index contributed by atoms with van der Waals surface area (Å²) >= 11 is 0. The summed E-state index contributed by atoms with van der Waals surface area (Å²) in [5, 5.41) is 12.3. The molecule has 96 valence electrons. The number of hydrogen-bond acceptors (Lipinski definition) is 3. The maximum Gasteiger partial charge on any atom is 0.0446 e. The highest BCUT2D eigenvalue weighted by Gasteiger charge is 2.29. The van der Waals surface area contributed by atoms with Crippen molar-refractivity contribution in [3.05, 3.63) is 0 Å². The highest BCUT2D eigenvalue weighted by molar-refractivity contribution is 4.86. The van der Waals surface area contributed by atoms with Crippen molar-refractivity contribution in [3.63, 3.8) is 0 Å². The summed E-state index contributed by atoms with van der Waals surface area (Å²) in [6.07, 6.45) is 4.88. The van der Waals surface area contributed by atoms with Gasteiger partial charge >= 0.3 is 0 Å². The highest BCUT2D eigenvalue weighted by Crippen LogP contribution is 2.27. The Hall–Kier alpha value is -0.120. The van der Waals surface area contributed by atoms with E-state index in [-0.39, 0.29) is 6.61 Å². The van der Waals surface area contributed by atoms with Crippen LogP contribution in [0.4, 0.5) is 0 Å². The lowest BCUT2D eigenvalue weighted by Crippen LogP contribution is -2.41. The van der Waals surface area contributed by atoms with Crippen molar-refractivity contribution in [1.82, 2.24) is 10.2 Å². The average molecular weight is 228 g/mol. The predicted octanol–water partition coefficient (Wildman–Crippen LogP) is 1.47. The van der Waals surface area contributed by atoms with Crippen molar-refractivity contribution in [2.24, 2.45) is 5.92 Å². The van der Waals surface area contributed by atoms with Crippen molar-refractivity contribution < 1.29 is 5.11 Å². The van der Waals surface area contributed by atoms with Gasteiger partial charge in [-0.25, -0.2) is 0 Å². The van der Waals surface area contributed by atoms with Crippen LogP contribution in [0, 0.1) is 5.92 Å². The molecule has 2 N–H and O–H groups in total. The van der Waals surface area contributed by atoms with Gasteiger partial charge in [0, 0.05) is 25.2 Å². The van der Waals surface area contributed by atoms with Crippen molar-refractivity contribution in [1.29, 1.82) is 0 Å². The van der Waals surface area contributed by atoms with Crippen LogP contribution in [0.25, 0.3) is 0 Å². The van der Waals surface area contributed by atoms with Crippen LogP contribution in [0.3, 0.4) is 0 Å². The zero-order valence-electron chi connectivity index (χ0n) is 11.1. The number of nitrogens with zero attached hydrogens (tertiary/aromatic N) is 1. The standard InChI is InChI=1S/C13H28N2O/c1-11(2)6-8-15(13-4-5-13)10-12(14-3)7-9-16/h11-14,16H,4-10H2,1-3H3. The van der Waals surface area contributed by atoms with Crippen LogP contribution in [-0.4, -0.2) is 48.8 Å². The van der Waals surface area contributed by atoms with Gasteiger partial charge in [0.25, 0.3) is 0 Å². The third-order valence-corrected chi connectivity index (χ3v) is 3.40. The van der Waals surface area contributed by atoms with Crippen molar-refractivity contribution in [3.8, 4) is 0 Å². The molecule has 0 aromatic heterocycles. The van der Waals surface area contributed by atoms with E-state index in [0.29, 0.717) is 6.04 Å². The topological polar surface area (TPSA) is 35.5 Å². The Balaban J connectivity index is 2.31. The Labute approximate surface area is 100 Å². The largest absolute Gasteiger partial charge is 0.396 e. The van der Waals surface area contributed by atoms with Crippen LogP contribution >= 0.6 is 0 Å². The maximum absolute atomic E-state index is 8.99. The molecule has 1 aliphatic carbocycles. The van der Waals surface area contributed by atoms with Gasteiger partial charge in [-0.1, -0.05) is 13.8 Å². The molecule has 0 heterocycles.